The zero-order valence-corrected chi connectivity index (χ0v) is 15.7. The van der Waals surface area contributed by atoms with Gasteiger partial charge in [-0.3, -0.25) is 4.68 Å². The summed E-state index contributed by atoms with van der Waals surface area (Å²) in [5, 5.41) is 8.27. The molecule has 1 N–H and O–H groups in total. The summed E-state index contributed by atoms with van der Waals surface area (Å²) in [5.74, 6) is 1.67. The first-order valence-corrected chi connectivity index (χ1v) is 8.50. The van der Waals surface area contributed by atoms with Crippen LogP contribution in [0.1, 0.15) is 16.8 Å². The first-order chi connectivity index (χ1) is 12.7. The minimum atomic E-state index is 0.523. The summed E-state index contributed by atoms with van der Waals surface area (Å²) in [4.78, 5) is 8.00. The number of anilines is 1. The van der Waals surface area contributed by atoms with Gasteiger partial charge < -0.3 is 14.8 Å². The van der Waals surface area contributed by atoms with Gasteiger partial charge in [-0.2, -0.15) is 5.10 Å². The number of benzene rings is 2. The summed E-state index contributed by atoms with van der Waals surface area (Å²) in [6, 6.07) is 17.8. The molecule has 26 heavy (non-hydrogen) atoms. The number of hydrogen-bond donors (Lipinski definition) is 1. The fourth-order valence-corrected chi connectivity index (χ4v) is 2.70. The highest BCUT2D eigenvalue weighted by molar-refractivity contribution is 6.30. The average molecular weight is 372 g/mol. The Morgan fingerprint density at radius 2 is 1.88 bits per heavy atom. The molecule has 0 aliphatic rings. The quantitative estimate of drug-likeness (QED) is 0.700. The zero-order valence-electron chi connectivity index (χ0n) is 14.9. The van der Waals surface area contributed by atoms with Crippen LogP contribution in [0.3, 0.4) is 0 Å². The monoisotopic (exact) mass is 371 g/mol. The average Bonchev–Trinajstić information content (AvgIpc) is 3.03. The van der Waals surface area contributed by atoms with E-state index in [0.717, 1.165) is 28.4 Å². The third kappa shape index (κ3) is 5.10. The van der Waals surface area contributed by atoms with Crippen LogP contribution in [0.2, 0.25) is 5.02 Å². The maximum absolute atomic E-state index is 8.00. The third-order valence-corrected chi connectivity index (χ3v) is 4.05. The first-order valence-electron chi connectivity index (χ1n) is 8.12. The molecule has 1 heterocycles. The Kier molecular flexibility index (Phi) is 7.24. The van der Waals surface area contributed by atoms with Crippen molar-refractivity contribution < 1.29 is 9.53 Å². The summed E-state index contributed by atoms with van der Waals surface area (Å²) in [7, 11) is 1.86. The predicted molar refractivity (Wildman–Crippen MR) is 105 cm³/mol. The van der Waals surface area contributed by atoms with Crippen molar-refractivity contribution in [1.82, 2.24) is 9.78 Å². The van der Waals surface area contributed by atoms with Crippen LogP contribution in [0.25, 0.3) is 0 Å². The molecule has 2 aromatic carbocycles. The van der Waals surface area contributed by atoms with Crippen LogP contribution in [-0.2, 0) is 17.9 Å². The van der Waals surface area contributed by atoms with Gasteiger partial charge in [0.05, 0.1) is 6.54 Å². The lowest BCUT2D eigenvalue weighted by Crippen LogP contribution is -2.07. The number of aromatic nitrogens is 2. The molecule has 0 saturated carbocycles. The molecule has 0 aliphatic carbocycles. The van der Waals surface area contributed by atoms with Gasteiger partial charge in [-0.05, 0) is 30.7 Å². The van der Waals surface area contributed by atoms with Crippen molar-refractivity contribution in [1.29, 1.82) is 0 Å². The van der Waals surface area contributed by atoms with Crippen molar-refractivity contribution in [3.63, 3.8) is 0 Å². The first kappa shape index (κ1) is 19.5. The molecule has 5 nitrogen and oxygen atoms in total. The number of ether oxygens (including phenoxy) is 1. The molecule has 0 saturated heterocycles. The number of halogens is 1. The van der Waals surface area contributed by atoms with Gasteiger partial charge >= 0.3 is 0 Å². The highest BCUT2D eigenvalue weighted by Gasteiger charge is 2.10. The van der Waals surface area contributed by atoms with Gasteiger partial charge in [-0.25, -0.2) is 0 Å². The molecule has 0 spiro atoms. The van der Waals surface area contributed by atoms with E-state index in [0.29, 0.717) is 18.2 Å². The van der Waals surface area contributed by atoms with Crippen LogP contribution < -0.4 is 10.1 Å². The summed E-state index contributed by atoms with van der Waals surface area (Å²) in [6.45, 7) is 5.16. The third-order valence-electron chi connectivity index (χ3n) is 3.82. The number of carbonyl (C=O) groups excluding carboxylic acids is 1. The van der Waals surface area contributed by atoms with E-state index in [-0.39, 0.29) is 0 Å². The Balaban J connectivity index is 0.00000117. The zero-order chi connectivity index (χ0) is 18.9. The molecule has 0 bridgehead atoms. The molecular formula is C20H22ClN3O2. The van der Waals surface area contributed by atoms with Crippen LogP contribution in [0.5, 0.6) is 5.75 Å². The minimum absolute atomic E-state index is 0.523. The van der Waals surface area contributed by atoms with E-state index in [1.807, 2.05) is 80.0 Å². The largest absolute Gasteiger partial charge is 0.489 e. The van der Waals surface area contributed by atoms with Gasteiger partial charge in [0.15, 0.2) is 0 Å². The lowest BCUT2D eigenvalue weighted by molar-refractivity contribution is -0.0979. The van der Waals surface area contributed by atoms with Gasteiger partial charge in [0, 0.05) is 29.4 Å². The Hall–Kier alpha value is -2.79. The van der Waals surface area contributed by atoms with Crippen LogP contribution in [0, 0.1) is 6.92 Å². The highest BCUT2D eigenvalue weighted by atomic mass is 35.5. The summed E-state index contributed by atoms with van der Waals surface area (Å²) >= 11 is 6.17. The minimum Gasteiger partial charge on any atom is -0.489 e. The molecule has 1 aromatic heterocycles. The number of nitrogens with zero attached hydrogens (tertiary/aromatic N) is 2. The molecule has 0 amide bonds. The molecule has 136 valence electrons. The summed E-state index contributed by atoms with van der Waals surface area (Å²) < 4.78 is 7.95. The normalized spacial score (nSPS) is 9.96. The van der Waals surface area contributed by atoms with Gasteiger partial charge in [-0.1, -0.05) is 41.9 Å². The van der Waals surface area contributed by atoms with Gasteiger partial charge in [0.2, 0.25) is 0 Å². The van der Waals surface area contributed by atoms with Crippen molar-refractivity contribution in [3.05, 3.63) is 76.4 Å². The second-order valence-electron chi connectivity index (χ2n) is 5.60. The van der Waals surface area contributed by atoms with Crippen LogP contribution >= 0.6 is 11.6 Å². The Bertz CT molecular complexity index is 834. The standard InChI is InChI=1S/C19H20ClN3O.CH2O/c1-14-10-19(21-2)22-23(14)12-16-11-17(20)8-9-18(16)24-13-15-6-4-3-5-7-15;1-2/h3-11H,12-13H2,1-2H3,(H,21,22);1H2. The summed E-state index contributed by atoms with van der Waals surface area (Å²) in [5.41, 5.74) is 3.21. The second-order valence-corrected chi connectivity index (χ2v) is 6.04. The van der Waals surface area contributed by atoms with Crippen molar-refractivity contribution >= 4 is 24.2 Å². The van der Waals surface area contributed by atoms with Crippen LogP contribution in [-0.4, -0.2) is 23.6 Å². The number of hydrogen-bond acceptors (Lipinski definition) is 4. The Morgan fingerprint density at radius 1 is 1.15 bits per heavy atom. The van der Waals surface area contributed by atoms with E-state index in [2.05, 4.69) is 10.4 Å². The SMILES string of the molecule is C=O.CNc1cc(C)n(Cc2cc(Cl)ccc2OCc2ccccc2)n1. The van der Waals surface area contributed by atoms with E-state index in [1.165, 1.54) is 0 Å². The number of rotatable bonds is 6. The molecule has 0 unspecified atom stereocenters. The van der Waals surface area contributed by atoms with Crippen molar-refractivity contribution in [3.8, 4) is 5.75 Å². The molecular weight excluding hydrogens is 350 g/mol. The van der Waals surface area contributed by atoms with E-state index in [9.17, 15) is 0 Å². The fourth-order valence-electron chi connectivity index (χ4n) is 2.50. The summed E-state index contributed by atoms with van der Waals surface area (Å²) in [6.07, 6.45) is 0. The maximum atomic E-state index is 8.00. The topological polar surface area (TPSA) is 56.2 Å². The van der Waals surface area contributed by atoms with E-state index < -0.39 is 0 Å². The van der Waals surface area contributed by atoms with Gasteiger partial charge in [-0.15, -0.1) is 0 Å². The number of nitrogens with one attached hydrogen (secondary N) is 1. The molecule has 0 radical (unpaired) electrons. The van der Waals surface area contributed by atoms with Crippen molar-refractivity contribution in [2.75, 3.05) is 12.4 Å². The molecule has 0 fully saturated rings. The maximum Gasteiger partial charge on any atom is 0.148 e. The van der Waals surface area contributed by atoms with E-state index in [4.69, 9.17) is 21.1 Å². The lowest BCUT2D eigenvalue weighted by Gasteiger charge is -2.13. The van der Waals surface area contributed by atoms with E-state index in [1.54, 1.807) is 0 Å². The van der Waals surface area contributed by atoms with Crippen LogP contribution in [0.15, 0.2) is 54.6 Å². The second kappa shape index (κ2) is 9.63. The van der Waals surface area contributed by atoms with Crippen LogP contribution in [0.4, 0.5) is 5.82 Å². The molecule has 6 heteroatoms. The lowest BCUT2D eigenvalue weighted by atomic mass is 10.2. The van der Waals surface area contributed by atoms with Crippen molar-refractivity contribution in [2.45, 2.75) is 20.1 Å². The van der Waals surface area contributed by atoms with E-state index >= 15 is 0 Å². The van der Waals surface area contributed by atoms with Crippen molar-refractivity contribution in [2.24, 2.45) is 0 Å². The predicted octanol–water partition coefficient (Wildman–Crippen LogP) is 4.33. The Labute approximate surface area is 158 Å². The number of carbonyl (C=O) groups is 1. The fraction of sp³-hybridized carbons (Fsp3) is 0.200. The molecule has 0 atom stereocenters. The smallest absolute Gasteiger partial charge is 0.148 e. The molecule has 0 aliphatic heterocycles. The molecule has 3 aromatic rings. The highest BCUT2D eigenvalue weighted by Crippen LogP contribution is 2.25. The van der Waals surface area contributed by atoms with Gasteiger partial charge in [0.25, 0.3) is 0 Å². The Morgan fingerprint density at radius 3 is 2.54 bits per heavy atom. The number of aryl methyl sites for hydroxylation is 1. The molecule has 3 rings (SSSR count). The van der Waals surface area contributed by atoms with Gasteiger partial charge in [0.1, 0.15) is 25.0 Å².